The summed E-state index contributed by atoms with van der Waals surface area (Å²) >= 11 is 4.94. The van der Waals surface area contributed by atoms with Crippen molar-refractivity contribution < 1.29 is 4.92 Å². The number of aromatic nitrogens is 3. The summed E-state index contributed by atoms with van der Waals surface area (Å²) in [5.74, 6) is 1.38. The zero-order chi connectivity index (χ0) is 18.5. The molecule has 2 aromatic carbocycles. The predicted molar refractivity (Wildman–Crippen MR) is 105 cm³/mol. The van der Waals surface area contributed by atoms with Crippen LogP contribution in [0.5, 0.6) is 0 Å². The number of hydrogen-bond donors (Lipinski definition) is 0. The van der Waals surface area contributed by atoms with E-state index < -0.39 is 4.92 Å². The summed E-state index contributed by atoms with van der Waals surface area (Å²) in [5, 5.41) is 24.1. The monoisotopic (exact) mass is 431 g/mol. The third kappa shape index (κ3) is 4.55. The second kappa shape index (κ2) is 8.24. The minimum absolute atomic E-state index is 0.0271. The Labute approximate surface area is 162 Å². The lowest BCUT2D eigenvalue weighted by atomic mass is 10.2. The van der Waals surface area contributed by atoms with Crippen LogP contribution in [0.15, 0.2) is 63.3 Å². The Balaban J connectivity index is 1.76. The summed E-state index contributed by atoms with van der Waals surface area (Å²) in [6.45, 7) is 1.81. The highest BCUT2D eigenvalue weighted by Crippen LogP contribution is 2.23. The molecule has 0 fully saturated rings. The Hall–Kier alpha value is -2.52. The summed E-state index contributed by atoms with van der Waals surface area (Å²) in [4.78, 5) is 10.4. The van der Waals surface area contributed by atoms with E-state index >= 15 is 0 Å². The number of nitro benzene ring substituents is 1. The van der Waals surface area contributed by atoms with Crippen LogP contribution in [0.1, 0.15) is 17.0 Å². The fourth-order valence-electron chi connectivity index (χ4n) is 2.13. The zero-order valence-electron chi connectivity index (χ0n) is 13.7. The van der Waals surface area contributed by atoms with Gasteiger partial charge < -0.3 is 0 Å². The summed E-state index contributed by atoms with van der Waals surface area (Å²) in [6, 6.07) is 14.4. The molecule has 0 saturated carbocycles. The van der Waals surface area contributed by atoms with Gasteiger partial charge in [0, 0.05) is 27.9 Å². The van der Waals surface area contributed by atoms with E-state index in [0.717, 1.165) is 15.8 Å². The van der Waals surface area contributed by atoms with E-state index in [0.29, 0.717) is 16.5 Å². The van der Waals surface area contributed by atoms with Gasteiger partial charge in [-0.3, -0.25) is 10.1 Å². The number of hydrogen-bond acceptors (Lipinski definition) is 6. The first-order valence-corrected chi connectivity index (χ1v) is 9.39. The van der Waals surface area contributed by atoms with Crippen LogP contribution in [0.2, 0.25) is 0 Å². The van der Waals surface area contributed by atoms with Crippen LogP contribution in [-0.2, 0) is 5.75 Å². The van der Waals surface area contributed by atoms with Gasteiger partial charge in [0.05, 0.1) is 11.1 Å². The number of non-ortho nitro benzene ring substituents is 1. The van der Waals surface area contributed by atoms with Gasteiger partial charge in [-0.25, -0.2) is 0 Å². The van der Waals surface area contributed by atoms with E-state index in [2.05, 4.69) is 31.2 Å². The maximum absolute atomic E-state index is 10.9. The largest absolute Gasteiger partial charge is 0.270 e. The standard InChI is InChI=1S/C17H14BrN5O2S/c1-12-20-21-17(26-11-13-5-7-15(18)8-6-13)22(12)19-10-14-3-2-4-16(9-14)23(24)25/h2-10H,11H2,1H3/b19-10-. The summed E-state index contributed by atoms with van der Waals surface area (Å²) in [6.07, 6.45) is 1.56. The summed E-state index contributed by atoms with van der Waals surface area (Å²) in [5.41, 5.74) is 1.82. The first-order valence-electron chi connectivity index (χ1n) is 7.61. The molecule has 0 bridgehead atoms. The minimum atomic E-state index is -0.430. The van der Waals surface area contributed by atoms with E-state index in [-0.39, 0.29) is 5.69 Å². The topological polar surface area (TPSA) is 86.2 Å². The lowest BCUT2D eigenvalue weighted by molar-refractivity contribution is -0.384. The van der Waals surface area contributed by atoms with E-state index in [9.17, 15) is 10.1 Å². The molecule has 0 N–H and O–H groups in total. The molecule has 0 spiro atoms. The van der Waals surface area contributed by atoms with Crippen LogP contribution in [0.3, 0.4) is 0 Å². The molecule has 26 heavy (non-hydrogen) atoms. The van der Waals surface area contributed by atoms with Crippen molar-refractivity contribution in [3.63, 3.8) is 0 Å². The van der Waals surface area contributed by atoms with E-state index in [1.807, 2.05) is 31.2 Å². The van der Waals surface area contributed by atoms with Gasteiger partial charge in [-0.2, -0.15) is 9.78 Å². The Kier molecular flexibility index (Phi) is 5.79. The first-order chi connectivity index (χ1) is 12.5. The third-order valence-corrected chi connectivity index (χ3v) is 4.97. The Morgan fingerprint density at radius 3 is 2.77 bits per heavy atom. The average Bonchev–Trinajstić information content (AvgIpc) is 2.99. The maximum atomic E-state index is 10.9. The average molecular weight is 432 g/mol. The number of benzene rings is 2. The number of aryl methyl sites for hydroxylation is 1. The van der Waals surface area contributed by atoms with Gasteiger partial charge >= 0.3 is 0 Å². The van der Waals surface area contributed by atoms with Crippen molar-refractivity contribution in [3.05, 3.63) is 80.1 Å². The SMILES string of the molecule is Cc1nnc(SCc2ccc(Br)cc2)n1/N=C\c1cccc([N+](=O)[O-])c1. The van der Waals surface area contributed by atoms with Crippen LogP contribution in [0.4, 0.5) is 5.69 Å². The minimum Gasteiger partial charge on any atom is -0.258 e. The lowest BCUT2D eigenvalue weighted by Crippen LogP contribution is -1.97. The van der Waals surface area contributed by atoms with Crippen molar-refractivity contribution in [1.82, 2.24) is 14.9 Å². The van der Waals surface area contributed by atoms with Crippen molar-refractivity contribution in [2.75, 3.05) is 0 Å². The van der Waals surface area contributed by atoms with Gasteiger partial charge in [-0.15, -0.1) is 10.2 Å². The van der Waals surface area contributed by atoms with Crippen molar-refractivity contribution in [2.24, 2.45) is 5.10 Å². The van der Waals surface area contributed by atoms with E-state index in [4.69, 9.17) is 0 Å². The maximum Gasteiger partial charge on any atom is 0.270 e. The van der Waals surface area contributed by atoms with Crippen LogP contribution in [-0.4, -0.2) is 26.0 Å². The number of nitro groups is 1. The summed E-state index contributed by atoms with van der Waals surface area (Å²) in [7, 11) is 0. The van der Waals surface area contributed by atoms with Crippen LogP contribution < -0.4 is 0 Å². The van der Waals surface area contributed by atoms with Crippen molar-refractivity contribution in [1.29, 1.82) is 0 Å². The smallest absolute Gasteiger partial charge is 0.258 e. The third-order valence-electron chi connectivity index (χ3n) is 3.45. The van der Waals surface area contributed by atoms with Crippen molar-refractivity contribution in [2.45, 2.75) is 17.8 Å². The summed E-state index contributed by atoms with van der Waals surface area (Å²) < 4.78 is 2.66. The molecule has 0 aliphatic heterocycles. The highest BCUT2D eigenvalue weighted by molar-refractivity contribution is 9.10. The van der Waals surface area contributed by atoms with Crippen LogP contribution in [0, 0.1) is 17.0 Å². The highest BCUT2D eigenvalue weighted by Gasteiger charge is 2.09. The van der Waals surface area contributed by atoms with Gasteiger partial charge in [-0.1, -0.05) is 52.0 Å². The zero-order valence-corrected chi connectivity index (χ0v) is 16.1. The second-order valence-corrected chi connectivity index (χ2v) is 7.21. The molecule has 0 aliphatic rings. The number of rotatable bonds is 6. The van der Waals surface area contributed by atoms with Gasteiger partial charge in [-0.05, 0) is 24.6 Å². The quantitative estimate of drug-likeness (QED) is 0.249. The first kappa shape index (κ1) is 18.3. The molecular formula is C17H14BrN5O2S. The molecule has 1 aromatic heterocycles. The van der Waals surface area contributed by atoms with Crippen molar-refractivity contribution >= 4 is 39.6 Å². The fourth-order valence-corrected chi connectivity index (χ4v) is 3.29. The van der Waals surface area contributed by atoms with Gasteiger partial charge in [0.2, 0.25) is 5.16 Å². The molecule has 132 valence electrons. The van der Waals surface area contributed by atoms with Gasteiger partial charge in [0.25, 0.3) is 5.69 Å². The molecule has 0 atom stereocenters. The van der Waals surface area contributed by atoms with E-state index in [1.54, 1.807) is 23.0 Å². The molecule has 9 heteroatoms. The molecule has 0 amide bonds. The molecule has 0 saturated heterocycles. The second-order valence-electron chi connectivity index (χ2n) is 5.35. The Bertz CT molecular complexity index is 956. The highest BCUT2D eigenvalue weighted by atomic mass is 79.9. The van der Waals surface area contributed by atoms with Crippen molar-refractivity contribution in [3.8, 4) is 0 Å². The van der Waals surface area contributed by atoms with Gasteiger partial charge in [0.15, 0.2) is 5.82 Å². The number of thioether (sulfide) groups is 1. The molecular weight excluding hydrogens is 418 g/mol. The van der Waals surface area contributed by atoms with Gasteiger partial charge in [0.1, 0.15) is 0 Å². The molecule has 7 nitrogen and oxygen atoms in total. The van der Waals surface area contributed by atoms with Crippen LogP contribution >= 0.6 is 27.7 Å². The molecule has 3 aromatic rings. The fraction of sp³-hybridized carbons (Fsp3) is 0.118. The normalized spacial score (nSPS) is 11.2. The lowest BCUT2D eigenvalue weighted by Gasteiger charge is -2.03. The Morgan fingerprint density at radius 2 is 2.04 bits per heavy atom. The number of nitrogens with zero attached hydrogens (tertiary/aromatic N) is 5. The molecule has 0 aliphatic carbocycles. The number of halogens is 1. The molecule has 0 radical (unpaired) electrons. The Morgan fingerprint density at radius 1 is 1.27 bits per heavy atom. The predicted octanol–water partition coefficient (Wildman–Crippen LogP) is 4.43. The molecule has 0 unspecified atom stereocenters. The van der Waals surface area contributed by atoms with E-state index in [1.165, 1.54) is 23.9 Å². The van der Waals surface area contributed by atoms with Crippen LogP contribution in [0.25, 0.3) is 0 Å². The molecule has 1 heterocycles. The molecule has 3 rings (SSSR count).